The monoisotopic (exact) mass is 459 g/mol. The molecule has 1 aromatic heterocycles. The lowest BCUT2D eigenvalue weighted by atomic mass is 9.95. The zero-order valence-corrected chi connectivity index (χ0v) is 19.7. The predicted octanol–water partition coefficient (Wildman–Crippen LogP) is 4.49. The molecule has 1 atom stereocenters. The first-order valence-corrected chi connectivity index (χ1v) is 11.2. The summed E-state index contributed by atoms with van der Waals surface area (Å²) in [6, 6.07) is 5.26. The third-order valence-corrected chi connectivity index (χ3v) is 6.48. The topological polar surface area (TPSA) is 84.3 Å². The van der Waals surface area contributed by atoms with E-state index >= 15 is 0 Å². The van der Waals surface area contributed by atoms with E-state index < -0.39 is 0 Å². The fraction of sp³-hybridized carbons (Fsp3) is 0.455. The molecule has 0 aliphatic carbocycles. The number of oxime groups is 1. The van der Waals surface area contributed by atoms with Gasteiger partial charge in [0.25, 0.3) is 0 Å². The fourth-order valence-electron chi connectivity index (χ4n) is 3.18. The first-order valence-electron chi connectivity index (χ1n) is 10.0. The van der Waals surface area contributed by atoms with Gasteiger partial charge in [0, 0.05) is 33.8 Å². The minimum absolute atomic E-state index is 0.0322. The Balaban J connectivity index is 2.14. The van der Waals surface area contributed by atoms with Crippen molar-refractivity contribution in [2.75, 3.05) is 13.7 Å². The number of aliphatic imine (C=N–C) groups is 1. The van der Waals surface area contributed by atoms with Crippen LogP contribution < -0.4 is 4.80 Å². The van der Waals surface area contributed by atoms with Crippen LogP contribution in [-0.2, 0) is 21.5 Å². The van der Waals surface area contributed by atoms with E-state index in [1.54, 1.807) is 35.8 Å². The molecule has 31 heavy (non-hydrogen) atoms. The predicted molar refractivity (Wildman–Crippen MR) is 124 cm³/mol. The molecule has 2 aromatic rings. The van der Waals surface area contributed by atoms with Crippen molar-refractivity contribution in [1.82, 2.24) is 4.57 Å². The number of hydrogen-bond donors (Lipinski definition) is 0. The summed E-state index contributed by atoms with van der Waals surface area (Å²) >= 11 is 7.82. The Kier molecular flexibility index (Phi) is 7.65. The number of thiazole rings is 1. The number of benzene rings is 1. The number of nitriles is 1. The van der Waals surface area contributed by atoms with Crippen LogP contribution >= 0.6 is 22.9 Å². The maximum Gasteiger partial charge on any atom is 0.207 e. The average molecular weight is 460 g/mol. The average Bonchev–Trinajstić information content (AvgIpc) is 3.37. The van der Waals surface area contributed by atoms with E-state index in [1.165, 1.54) is 12.0 Å². The van der Waals surface area contributed by atoms with Crippen molar-refractivity contribution in [3.05, 3.63) is 50.2 Å². The van der Waals surface area contributed by atoms with E-state index in [-0.39, 0.29) is 17.4 Å². The van der Waals surface area contributed by atoms with Gasteiger partial charge < -0.3 is 14.1 Å². The van der Waals surface area contributed by atoms with Gasteiger partial charge in [0.15, 0.2) is 10.6 Å². The Hall–Kier alpha value is -2.47. The van der Waals surface area contributed by atoms with E-state index in [2.05, 4.69) is 41.7 Å². The first kappa shape index (κ1) is 23.2. The van der Waals surface area contributed by atoms with Crippen LogP contribution in [0.1, 0.15) is 49.6 Å². The highest BCUT2D eigenvalue weighted by Gasteiger charge is 2.21. The van der Waals surface area contributed by atoms with E-state index in [0.29, 0.717) is 22.7 Å². The van der Waals surface area contributed by atoms with Crippen molar-refractivity contribution in [2.24, 2.45) is 15.1 Å². The molecule has 3 rings (SSSR count). The van der Waals surface area contributed by atoms with Gasteiger partial charge in [-0.1, -0.05) is 43.6 Å². The number of ether oxygens (including phenoxy) is 1. The van der Waals surface area contributed by atoms with E-state index in [0.717, 1.165) is 24.2 Å². The lowest BCUT2D eigenvalue weighted by molar-refractivity contribution is 0.0963. The molecule has 9 heteroatoms. The maximum atomic E-state index is 9.33. The molecule has 0 radical (unpaired) electrons. The van der Waals surface area contributed by atoms with Gasteiger partial charge in [-0.25, -0.2) is 0 Å². The molecule has 1 fully saturated rings. The Morgan fingerprint density at radius 1 is 1.45 bits per heavy atom. The molecule has 2 heterocycles. The number of rotatable bonds is 5. The molecule has 1 saturated heterocycles. The van der Waals surface area contributed by atoms with E-state index in [1.807, 2.05) is 6.19 Å². The Morgan fingerprint density at radius 3 is 2.90 bits per heavy atom. The van der Waals surface area contributed by atoms with Crippen LogP contribution in [0.25, 0.3) is 0 Å². The van der Waals surface area contributed by atoms with E-state index in [9.17, 15) is 5.26 Å². The molecule has 0 N–H and O–H groups in total. The minimum Gasteiger partial charge on any atom is -0.399 e. The van der Waals surface area contributed by atoms with Crippen LogP contribution in [0.2, 0.25) is 5.02 Å². The van der Waals surface area contributed by atoms with Gasteiger partial charge >= 0.3 is 0 Å². The highest BCUT2D eigenvalue weighted by atomic mass is 35.5. The molecule has 1 aliphatic heterocycles. The van der Waals surface area contributed by atoms with Gasteiger partial charge in [0.05, 0.1) is 18.9 Å². The molecular weight excluding hydrogens is 434 g/mol. The molecule has 7 nitrogen and oxygen atoms in total. The second-order valence-electron chi connectivity index (χ2n) is 8.21. The van der Waals surface area contributed by atoms with Crippen molar-refractivity contribution in [2.45, 2.75) is 51.7 Å². The third kappa shape index (κ3) is 6.03. The van der Waals surface area contributed by atoms with Crippen molar-refractivity contribution in [3.8, 4) is 6.19 Å². The van der Waals surface area contributed by atoms with Crippen molar-refractivity contribution < 1.29 is 9.57 Å². The summed E-state index contributed by atoms with van der Waals surface area (Å²) in [6.45, 7) is 8.00. The Morgan fingerprint density at radius 2 is 2.26 bits per heavy atom. The standard InChI is InChI=1S/C22H26ClN5O2S/c1-22(2,3)19-13-28(12-17-6-5-9-30-17)21(31-19)27-20(25-14-24)18-10-16(23)8-7-15(18)11-26-29-4/h7-8,10-11,13,17H,5-6,9,12H2,1-4H3/b25-20?,26-11-,27-21-/t17-/m1/s1. The van der Waals surface area contributed by atoms with Crippen molar-refractivity contribution in [1.29, 1.82) is 5.26 Å². The number of aromatic nitrogens is 1. The van der Waals surface area contributed by atoms with Crippen LogP contribution in [0, 0.1) is 11.5 Å². The third-order valence-electron chi connectivity index (χ3n) is 4.79. The van der Waals surface area contributed by atoms with Gasteiger partial charge in [0.1, 0.15) is 7.11 Å². The zero-order valence-electron chi connectivity index (χ0n) is 18.1. The molecule has 1 aliphatic rings. The molecule has 164 valence electrons. The second kappa shape index (κ2) is 10.2. The fourth-order valence-corrected chi connectivity index (χ4v) is 4.41. The second-order valence-corrected chi connectivity index (χ2v) is 9.66. The minimum atomic E-state index is -0.0322. The summed E-state index contributed by atoms with van der Waals surface area (Å²) in [5.74, 6) is 0.269. The highest BCUT2D eigenvalue weighted by molar-refractivity contribution is 7.09. The van der Waals surface area contributed by atoms with Gasteiger partial charge in [-0.05, 0) is 30.4 Å². The molecular formula is C22H26ClN5O2S. The van der Waals surface area contributed by atoms with Gasteiger partial charge in [-0.2, -0.15) is 15.2 Å². The molecule has 0 unspecified atom stereocenters. The van der Waals surface area contributed by atoms with Gasteiger partial charge in [-0.15, -0.1) is 11.3 Å². The maximum absolute atomic E-state index is 9.33. The van der Waals surface area contributed by atoms with Crippen LogP contribution in [0.15, 0.2) is 39.5 Å². The largest absolute Gasteiger partial charge is 0.399 e. The summed E-state index contributed by atoms with van der Waals surface area (Å²) in [5.41, 5.74) is 1.27. The number of halogens is 1. The molecule has 0 saturated carbocycles. The van der Waals surface area contributed by atoms with E-state index in [4.69, 9.17) is 26.2 Å². The SMILES string of the molecule is CO/N=C\c1ccc(Cl)cc1C(=NC#N)/N=c1\sc(C(C)(C)C)cn1C[C@H]1CCCO1. The lowest BCUT2D eigenvalue weighted by Gasteiger charge is -2.15. The Labute approximate surface area is 191 Å². The number of hydrogen-bond acceptors (Lipinski definition) is 6. The summed E-state index contributed by atoms with van der Waals surface area (Å²) in [7, 11) is 1.47. The van der Waals surface area contributed by atoms with Crippen LogP contribution in [-0.4, -0.2) is 36.4 Å². The van der Waals surface area contributed by atoms with Crippen LogP contribution in [0.4, 0.5) is 0 Å². The normalized spacial score (nSPS) is 18.0. The smallest absolute Gasteiger partial charge is 0.207 e. The summed E-state index contributed by atoms with van der Waals surface area (Å²) < 4.78 is 7.93. The Bertz CT molecular complexity index is 1080. The molecule has 0 amide bonds. The summed E-state index contributed by atoms with van der Waals surface area (Å²) in [5, 5.41) is 13.7. The van der Waals surface area contributed by atoms with Gasteiger partial charge in [0.2, 0.25) is 6.19 Å². The van der Waals surface area contributed by atoms with Crippen molar-refractivity contribution in [3.63, 3.8) is 0 Å². The van der Waals surface area contributed by atoms with Gasteiger partial charge in [-0.3, -0.25) is 0 Å². The number of amidine groups is 1. The molecule has 1 aromatic carbocycles. The van der Waals surface area contributed by atoms with Crippen LogP contribution in [0.3, 0.4) is 0 Å². The molecule has 0 spiro atoms. The van der Waals surface area contributed by atoms with Crippen molar-refractivity contribution >= 4 is 35.0 Å². The lowest BCUT2D eigenvalue weighted by Crippen LogP contribution is -2.24. The number of nitrogens with zero attached hydrogens (tertiary/aromatic N) is 5. The zero-order chi connectivity index (χ0) is 22.4. The summed E-state index contributed by atoms with van der Waals surface area (Å²) in [6.07, 6.45) is 7.79. The van der Waals surface area contributed by atoms with Crippen LogP contribution in [0.5, 0.6) is 0 Å². The summed E-state index contributed by atoms with van der Waals surface area (Å²) in [4.78, 5) is 15.5. The molecule has 0 bridgehead atoms. The highest BCUT2D eigenvalue weighted by Crippen LogP contribution is 2.25. The first-order chi connectivity index (χ1) is 14.8. The quantitative estimate of drug-likeness (QED) is 0.286.